The van der Waals surface area contributed by atoms with Gasteiger partial charge in [-0.05, 0) is 12.8 Å². The summed E-state index contributed by atoms with van der Waals surface area (Å²) in [6.45, 7) is 0.546. The highest BCUT2D eigenvalue weighted by molar-refractivity contribution is 7.80. The molecule has 0 radical (unpaired) electrons. The number of carbonyl (C=O) groups is 2. The van der Waals surface area contributed by atoms with Crippen LogP contribution in [0.1, 0.15) is 25.7 Å². The Morgan fingerprint density at radius 3 is 2.40 bits per heavy atom. The molecule has 2 atom stereocenters. The summed E-state index contributed by atoms with van der Waals surface area (Å²) in [6, 6.07) is 0. The SMILES string of the molecule is NC(=O)C1CCCCC1C(=O)NCCS. The van der Waals surface area contributed by atoms with Gasteiger partial charge in [0.05, 0.1) is 0 Å². The van der Waals surface area contributed by atoms with E-state index in [1.807, 2.05) is 0 Å². The molecular weight excluding hydrogens is 212 g/mol. The van der Waals surface area contributed by atoms with Crippen LogP contribution in [-0.2, 0) is 9.59 Å². The highest BCUT2D eigenvalue weighted by Gasteiger charge is 2.34. The molecular formula is C10H18N2O2S. The Morgan fingerprint density at radius 2 is 1.87 bits per heavy atom. The molecule has 0 spiro atoms. The molecule has 0 saturated heterocycles. The quantitative estimate of drug-likeness (QED) is 0.609. The predicted molar refractivity (Wildman–Crippen MR) is 61.5 cm³/mol. The van der Waals surface area contributed by atoms with Gasteiger partial charge in [-0.25, -0.2) is 0 Å². The van der Waals surface area contributed by atoms with Crippen LogP contribution in [0.5, 0.6) is 0 Å². The zero-order chi connectivity index (χ0) is 11.3. The van der Waals surface area contributed by atoms with Crippen LogP contribution in [0, 0.1) is 11.8 Å². The van der Waals surface area contributed by atoms with Gasteiger partial charge in [0.25, 0.3) is 0 Å². The van der Waals surface area contributed by atoms with Crippen molar-refractivity contribution in [2.45, 2.75) is 25.7 Å². The van der Waals surface area contributed by atoms with Gasteiger partial charge in [0, 0.05) is 24.1 Å². The Bertz CT molecular complexity index is 246. The standard InChI is InChI=1S/C10H18N2O2S/c11-9(13)7-3-1-2-4-8(7)10(14)12-5-6-15/h7-8,15H,1-6H2,(H2,11,13)(H,12,14). The van der Waals surface area contributed by atoms with E-state index in [0.717, 1.165) is 25.7 Å². The third-order valence-corrected chi connectivity index (χ3v) is 3.10. The highest BCUT2D eigenvalue weighted by Crippen LogP contribution is 2.29. The highest BCUT2D eigenvalue weighted by atomic mass is 32.1. The van der Waals surface area contributed by atoms with E-state index in [1.54, 1.807) is 0 Å². The molecule has 0 aromatic carbocycles. The van der Waals surface area contributed by atoms with Gasteiger partial charge in [-0.2, -0.15) is 12.6 Å². The van der Waals surface area contributed by atoms with Crippen molar-refractivity contribution in [3.8, 4) is 0 Å². The molecule has 5 heteroatoms. The van der Waals surface area contributed by atoms with Gasteiger partial charge >= 0.3 is 0 Å². The molecule has 4 nitrogen and oxygen atoms in total. The van der Waals surface area contributed by atoms with Crippen molar-refractivity contribution in [2.24, 2.45) is 17.6 Å². The molecule has 0 heterocycles. The first-order valence-electron chi connectivity index (χ1n) is 5.34. The van der Waals surface area contributed by atoms with Crippen LogP contribution in [0.3, 0.4) is 0 Å². The lowest BCUT2D eigenvalue weighted by atomic mass is 9.78. The van der Waals surface area contributed by atoms with E-state index >= 15 is 0 Å². The molecule has 15 heavy (non-hydrogen) atoms. The maximum Gasteiger partial charge on any atom is 0.223 e. The monoisotopic (exact) mass is 230 g/mol. The first-order valence-corrected chi connectivity index (χ1v) is 5.98. The van der Waals surface area contributed by atoms with E-state index < -0.39 is 0 Å². The minimum atomic E-state index is -0.347. The van der Waals surface area contributed by atoms with Gasteiger partial charge in [-0.1, -0.05) is 12.8 Å². The van der Waals surface area contributed by atoms with Crippen LogP contribution in [0.2, 0.25) is 0 Å². The van der Waals surface area contributed by atoms with Gasteiger partial charge in [0.1, 0.15) is 0 Å². The molecule has 3 N–H and O–H groups in total. The maximum absolute atomic E-state index is 11.7. The molecule has 1 aliphatic carbocycles. The van der Waals surface area contributed by atoms with Gasteiger partial charge in [-0.15, -0.1) is 0 Å². The van der Waals surface area contributed by atoms with Crippen molar-refractivity contribution in [3.05, 3.63) is 0 Å². The summed E-state index contributed by atoms with van der Waals surface area (Å²) in [4.78, 5) is 22.9. The molecule has 0 aliphatic heterocycles. The Balaban J connectivity index is 2.55. The van der Waals surface area contributed by atoms with E-state index in [9.17, 15) is 9.59 Å². The summed E-state index contributed by atoms with van der Waals surface area (Å²) in [5.41, 5.74) is 5.29. The molecule has 1 saturated carbocycles. The summed E-state index contributed by atoms with van der Waals surface area (Å²) in [7, 11) is 0. The van der Waals surface area contributed by atoms with Crippen molar-refractivity contribution in [1.29, 1.82) is 0 Å². The number of hydrogen-bond donors (Lipinski definition) is 3. The number of carbonyl (C=O) groups excluding carboxylic acids is 2. The van der Waals surface area contributed by atoms with Crippen molar-refractivity contribution < 1.29 is 9.59 Å². The summed E-state index contributed by atoms with van der Waals surface area (Å²) in [5.74, 6) is -0.289. The molecule has 2 amide bonds. The summed E-state index contributed by atoms with van der Waals surface area (Å²) >= 11 is 4.02. The van der Waals surface area contributed by atoms with Crippen LogP contribution in [0.25, 0.3) is 0 Å². The smallest absolute Gasteiger partial charge is 0.223 e. The Hall–Kier alpha value is -0.710. The average molecular weight is 230 g/mol. The second-order valence-electron chi connectivity index (χ2n) is 3.91. The minimum Gasteiger partial charge on any atom is -0.369 e. The maximum atomic E-state index is 11.7. The van der Waals surface area contributed by atoms with E-state index in [-0.39, 0.29) is 23.7 Å². The van der Waals surface area contributed by atoms with E-state index in [0.29, 0.717) is 12.3 Å². The lowest BCUT2D eigenvalue weighted by molar-refractivity contribution is -0.134. The second kappa shape index (κ2) is 6.00. The molecule has 1 aliphatic rings. The number of hydrogen-bond acceptors (Lipinski definition) is 3. The van der Waals surface area contributed by atoms with Gasteiger partial charge in [0.2, 0.25) is 11.8 Å². The molecule has 0 bridgehead atoms. The normalized spacial score (nSPS) is 25.9. The number of thiol groups is 1. The van der Waals surface area contributed by atoms with Crippen molar-refractivity contribution in [1.82, 2.24) is 5.32 Å². The van der Waals surface area contributed by atoms with Crippen LogP contribution >= 0.6 is 12.6 Å². The van der Waals surface area contributed by atoms with Gasteiger partial charge < -0.3 is 11.1 Å². The Labute approximate surface area is 95.4 Å². The molecule has 2 unspecified atom stereocenters. The number of nitrogens with one attached hydrogen (secondary N) is 1. The molecule has 0 aromatic rings. The topological polar surface area (TPSA) is 72.2 Å². The molecule has 1 fully saturated rings. The van der Waals surface area contributed by atoms with Gasteiger partial charge in [-0.3, -0.25) is 9.59 Å². The number of primary amides is 1. The second-order valence-corrected chi connectivity index (χ2v) is 4.36. The fraction of sp³-hybridized carbons (Fsp3) is 0.800. The predicted octanol–water partition coefficient (Wildman–Crippen LogP) is 0.324. The first-order chi connectivity index (χ1) is 7.16. The largest absolute Gasteiger partial charge is 0.369 e. The van der Waals surface area contributed by atoms with Crippen LogP contribution in [0.4, 0.5) is 0 Å². The minimum absolute atomic E-state index is 0.0486. The van der Waals surface area contributed by atoms with Crippen LogP contribution in [-0.4, -0.2) is 24.1 Å². The average Bonchev–Trinajstić information content (AvgIpc) is 2.25. The van der Waals surface area contributed by atoms with E-state index in [1.165, 1.54) is 0 Å². The third-order valence-electron chi connectivity index (χ3n) is 2.88. The number of amides is 2. The van der Waals surface area contributed by atoms with E-state index in [4.69, 9.17) is 5.73 Å². The summed E-state index contributed by atoms with van der Waals surface area (Å²) in [5, 5.41) is 2.76. The van der Waals surface area contributed by atoms with Crippen LogP contribution < -0.4 is 11.1 Å². The number of nitrogens with two attached hydrogens (primary N) is 1. The Morgan fingerprint density at radius 1 is 1.27 bits per heavy atom. The fourth-order valence-corrected chi connectivity index (χ4v) is 2.21. The molecule has 0 aromatic heterocycles. The van der Waals surface area contributed by atoms with Gasteiger partial charge in [0.15, 0.2) is 0 Å². The van der Waals surface area contributed by atoms with Crippen molar-refractivity contribution in [2.75, 3.05) is 12.3 Å². The third kappa shape index (κ3) is 3.41. The van der Waals surface area contributed by atoms with Crippen LogP contribution in [0.15, 0.2) is 0 Å². The van der Waals surface area contributed by atoms with Crippen molar-refractivity contribution >= 4 is 24.4 Å². The molecule has 1 rings (SSSR count). The lowest BCUT2D eigenvalue weighted by Crippen LogP contribution is -2.42. The number of rotatable bonds is 4. The Kier molecular flexibility index (Phi) is 4.94. The zero-order valence-electron chi connectivity index (χ0n) is 8.74. The van der Waals surface area contributed by atoms with E-state index in [2.05, 4.69) is 17.9 Å². The summed E-state index contributed by atoms with van der Waals surface area (Å²) in [6.07, 6.45) is 3.51. The fourth-order valence-electron chi connectivity index (χ4n) is 2.10. The first kappa shape index (κ1) is 12.4. The molecule has 86 valence electrons. The lowest BCUT2D eigenvalue weighted by Gasteiger charge is -2.28. The van der Waals surface area contributed by atoms with Crippen molar-refractivity contribution in [3.63, 3.8) is 0 Å². The summed E-state index contributed by atoms with van der Waals surface area (Å²) < 4.78 is 0. The zero-order valence-corrected chi connectivity index (χ0v) is 9.63.